The molecular formula is C16H14BrClFNO4S. The van der Waals surface area contributed by atoms with Crippen molar-refractivity contribution < 1.29 is 22.3 Å². The van der Waals surface area contributed by atoms with E-state index in [1.54, 1.807) is 19.1 Å². The Morgan fingerprint density at radius 1 is 1.24 bits per heavy atom. The highest BCUT2D eigenvalue weighted by Gasteiger charge is 2.28. The van der Waals surface area contributed by atoms with Crippen molar-refractivity contribution >= 4 is 49.2 Å². The van der Waals surface area contributed by atoms with Crippen LogP contribution in [0, 0.1) is 5.82 Å². The van der Waals surface area contributed by atoms with Crippen molar-refractivity contribution in [3.8, 4) is 0 Å². The van der Waals surface area contributed by atoms with Gasteiger partial charge in [-0.3, -0.25) is 9.10 Å². The quantitative estimate of drug-likeness (QED) is 0.624. The molecular weight excluding hydrogens is 437 g/mol. The number of halogens is 3. The summed E-state index contributed by atoms with van der Waals surface area (Å²) in [7, 11) is -4.08. The lowest BCUT2D eigenvalue weighted by Gasteiger charge is -2.24. The molecule has 0 heterocycles. The van der Waals surface area contributed by atoms with Crippen LogP contribution in [0.3, 0.4) is 0 Å². The Kier molecular flexibility index (Phi) is 6.42. The molecule has 0 aliphatic carbocycles. The molecule has 0 spiro atoms. The summed E-state index contributed by atoms with van der Waals surface area (Å²) in [6.07, 6.45) is 0. The van der Waals surface area contributed by atoms with Crippen molar-refractivity contribution in [1.29, 1.82) is 0 Å². The molecule has 9 heteroatoms. The minimum atomic E-state index is -4.08. The molecule has 0 atom stereocenters. The molecule has 0 aromatic heterocycles. The van der Waals surface area contributed by atoms with Crippen LogP contribution in [0.25, 0.3) is 0 Å². The van der Waals surface area contributed by atoms with Gasteiger partial charge in [-0.05, 0) is 49.4 Å². The Balaban J connectivity index is 2.51. The number of sulfonamides is 1. The van der Waals surface area contributed by atoms with Crippen LogP contribution in [0.1, 0.15) is 6.92 Å². The number of esters is 1. The van der Waals surface area contributed by atoms with Crippen molar-refractivity contribution in [3.05, 3.63) is 57.8 Å². The van der Waals surface area contributed by atoms with Crippen LogP contribution in [-0.2, 0) is 19.6 Å². The van der Waals surface area contributed by atoms with E-state index in [0.29, 0.717) is 4.47 Å². The molecule has 0 radical (unpaired) electrons. The summed E-state index contributed by atoms with van der Waals surface area (Å²) in [6, 6.07) is 9.32. The Morgan fingerprint density at radius 3 is 2.44 bits per heavy atom. The smallest absolute Gasteiger partial charge is 0.326 e. The second-order valence-corrected chi connectivity index (χ2v) is 8.05. The van der Waals surface area contributed by atoms with Crippen molar-refractivity contribution in [3.63, 3.8) is 0 Å². The maximum atomic E-state index is 13.4. The number of anilines is 1. The molecule has 0 saturated carbocycles. The second kappa shape index (κ2) is 8.16. The number of ether oxygens (including phenoxy) is 1. The monoisotopic (exact) mass is 449 g/mol. The van der Waals surface area contributed by atoms with E-state index in [9.17, 15) is 17.6 Å². The molecule has 2 rings (SSSR count). The van der Waals surface area contributed by atoms with Crippen LogP contribution in [0.5, 0.6) is 0 Å². The van der Waals surface area contributed by atoms with Gasteiger partial charge >= 0.3 is 5.97 Å². The summed E-state index contributed by atoms with van der Waals surface area (Å²) in [5.41, 5.74) is 0.0578. The minimum absolute atomic E-state index is 0.0274. The first-order valence-corrected chi connectivity index (χ1v) is 9.75. The van der Waals surface area contributed by atoms with Crippen LogP contribution in [0.2, 0.25) is 5.02 Å². The standard InChI is InChI=1S/C16H14BrClFNO4S/c1-2-24-16(21)10-20(12-5-8-15(19)14(18)9-12)25(22,23)13-6-3-11(17)4-7-13/h3-9H,2,10H2,1H3. The fourth-order valence-corrected chi connectivity index (χ4v) is 3.85. The highest BCUT2D eigenvalue weighted by atomic mass is 79.9. The summed E-state index contributed by atoms with van der Waals surface area (Å²) in [4.78, 5) is 11.8. The van der Waals surface area contributed by atoms with Crippen LogP contribution >= 0.6 is 27.5 Å². The van der Waals surface area contributed by atoms with Gasteiger partial charge in [0.15, 0.2) is 0 Å². The zero-order valence-electron chi connectivity index (χ0n) is 13.1. The van der Waals surface area contributed by atoms with Gasteiger partial charge in [0.2, 0.25) is 0 Å². The predicted molar refractivity (Wildman–Crippen MR) is 96.7 cm³/mol. The van der Waals surface area contributed by atoms with Gasteiger partial charge < -0.3 is 4.74 Å². The molecule has 2 aromatic rings. The molecule has 0 amide bonds. The van der Waals surface area contributed by atoms with E-state index in [1.807, 2.05) is 0 Å². The molecule has 0 aliphatic rings. The number of benzene rings is 2. The molecule has 2 aromatic carbocycles. The highest BCUT2D eigenvalue weighted by molar-refractivity contribution is 9.10. The van der Waals surface area contributed by atoms with Gasteiger partial charge in [0.05, 0.1) is 22.2 Å². The number of nitrogens with zero attached hydrogens (tertiary/aromatic N) is 1. The normalized spacial score (nSPS) is 11.2. The highest BCUT2D eigenvalue weighted by Crippen LogP contribution is 2.28. The van der Waals surface area contributed by atoms with Gasteiger partial charge in [-0.2, -0.15) is 0 Å². The predicted octanol–water partition coefficient (Wildman–Crippen LogP) is 4.00. The Bertz CT molecular complexity index is 874. The topological polar surface area (TPSA) is 63.7 Å². The first kappa shape index (κ1) is 19.7. The van der Waals surface area contributed by atoms with Gasteiger partial charge in [-0.15, -0.1) is 0 Å². The first-order valence-electron chi connectivity index (χ1n) is 7.14. The fraction of sp³-hybridized carbons (Fsp3) is 0.188. The van der Waals surface area contributed by atoms with E-state index < -0.39 is 28.4 Å². The molecule has 0 N–H and O–H groups in total. The maximum Gasteiger partial charge on any atom is 0.326 e. The number of rotatable bonds is 6. The Hall–Kier alpha value is -1.64. The largest absolute Gasteiger partial charge is 0.465 e. The lowest BCUT2D eigenvalue weighted by atomic mass is 10.3. The van der Waals surface area contributed by atoms with E-state index in [4.69, 9.17) is 16.3 Å². The van der Waals surface area contributed by atoms with Crippen LogP contribution in [0.15, 0.2) is 51.8 Å². The average Bonchev–Trinajstić information content (AvgIpc) is 2.56. The SMILES string of the molecule is CCOC(=O)CN(c1ccc(F)c(Cl)c1)S(=O)(=O)c1ccc(Br)cc1. The Morgan fingerprint density at radius 2 is 1.88 bits per heavy atom. The molecule has 25 heavy (non-hydrogen) atoms. The van der Waals surface area contributed by atoms with Gasteiger partial charge in [0, 0.05) is 4.47 Å². The van der Waals surface area contributed by atoms with Gasteiger partial charge in [-0.25, -0.2) is 12.8 Å². The summed E-state index contributed by atoms with van der Waals surface area (Å²) in [6.45, 7) is 1.16. The maximum absolute atomic E-state index is 13.4. The van der Waals surface area contributed by atoms with Gasteiger partial charge in [0.25, 0.3) is 10.0 Å². The molecule has 5 nitrogen and oxygen atoms in total. The second-order valence-electron chi connectivity index (χ2n) is 4.87. The number of hydrogen-bond acceptors (Lipinski definition) is 4. The third-order valence-corrected chi connectivity index (χ3v) is 5.78. The lowest BCUT2D eigenvalue weighted by molar-refractivity contribution is -0.141. The van der Waals surface area contributed by atoms with Crippen LogP contribution in [0.4, 0.5) is 10.1 Å². The molecule has 0 fully saturated rings. The number of carbonyl (C=O) groups is 1. The van der Waals surface area contributed by atoms with Crippen LogP contribution < -0.4 is 4.31 Å². The van der Waals surface area contributed by atoms with E-state index in [-0.39, 0.29) is 22.2 Å². The van der Waals surface area contributed by atoms with Crippen molar-refractivity contribution in [1.82, 2.24) is 0 Å². The van der Waals surface area contributed by atoms with E-state index in [0.717, 1.165) is 16.4 Å². The molecule has 0 unspecified atom stereocenters. The van der Waals surface area contributed by atoms with E-state index >= 15 is 0 Å². The van der Waals surface area contributed by atoms with Crippen molar-refractivity contribution in [2.75, 3.05) is 17.5 Å². The molecule has 0 saturated heterocycles. The first-order chi connectivity index (χ1) is 11.8. The van der Waals surface area contributed by atoms with Gasteiger partial charge in [-0.1, -0.05) is 27.5 Å². The number of carbonyl (C=O) groups excluding carboxylic acids is 1. The zero-order valence-corrected chi connectivity index (χ0v) is 16.2. The third-order valence-electron chi connectivity index (χ3n) is 3.17. The lowest BCUT2D eigenvalue weighted by Crippen LogP contribution is -2.36. The van der Waals surface area contributed by atoms with Crippen molar-refractivity contribution in [2.24, 2.45) is 0 Å². The summed E-state index contributed by atoms with van der Waals surface area (Å²) >= 11 is 8.98. The summed E-state index contributed by atoms with van der Waals surface area (Å²) in [5.74, 6) is -1.42. The zero-order chi connectivity index (χ0) is 18.6. The molecule has 0 bridgehead atoms. The molecule has 134 valence electrons. The summed E-state index contributed by atoms with van der Waals surface area (Å²) in [5, 5.41) is -0.252. The number of hydrogen-bond donors (Lipinski definition) is 0. The molecule has 0 aliphatic heterocycles. The van der Waals surface area contributed by atoms with Crippen molar-refractivity contribution in [2.45, 2.75) is 11.8 Å². The van der Waals surface area contributed by atoms with E-state index in [2.05, 4.69) is 15.9 Å². The van der Waals surface area contributed by atoms with E-state index in [1.165, 1.54) is 18.2 Å². The fourth-order valence-electron chi connectivity index (χ4n) is 2.01. The minimum Gasteiger partial charge on any atom is -0.465 e. The van der Waals surface area contributed by atoms with Gasteiger partial charge in [0.1, 0.15) is 12.4 Å². The van der Waals surface area contributed by atoms with Crippen LogP contribution in [-0.4, -0.2) is 27.5 Å². The Labute approximate surface area is 158 Å². The summed E-state index contributed by atoms with van der Waals surface area (Å²) < 4.78 is 45.7. The third kappa shape index (κ3) is 4.71. The average molecular weight is 451 g/mol.